The van der Waals surface area contributed by atoms with Gasteiger partial charge in [0.15, 0.2) is 12.6 Å². The smallest absolute Gasteiger partial charge is 0.302 e. The summed E-state index contributed by atoms with van der Waals surface area (Å²) in [5, 5.41) is 8.79. The molecular weight excluding hydrogens is 979 g/mol. The van der Waals surface area contributed by atoms with E-state index in [-0.39, 0.29) is 95.2 Å². The number of ether oxygens (including phenoxy) is 12. The molecule has 3 rings (SSSR count). The van der Waals surface area contributed by atoms with E-state index in [1.54, 1.807) is 26.0 Å². The Morgan fingerprint density at radius 3 is 1.36 bits per heavy atom. The number of aryl methyl sites for hydroxylation is 1. The number of azide groups is 1. The van der Waals surface area contributed by atoms with Crippen molar-refractivity contribution in [3.63, 3.8) is 0 Å². The topological polar surface area (TPSA) is 329 Å². The molecular formula is C45H71N5O21S. The summed E-state index contributed by atoms with van der Waals surface area (Å²) in [5.41, 5.74) is 9.11. The fourth-order valence-corrected chi connectivity index (χ4v) is 7.84. The second kappa shape index (κ2) is 34.4. The Labute approximate surface area is 419 Å². The number of carbonyl (C=O) groups is 6. The Bertz CT molecular complexity index is 1990. The molecule has 0 spiro atoms. The van der Waals surface area contributed by atoms with Crippen molar-refractivity contribution >= 4 is 45.8 Å². The fourth-order valence-electron chi connectivity index (χ4n) is 6.95. The molecule has 0 aromatic heterocycles. The van der Waals surface area contributed by atoms with Gasteiger partial charge in [-0.05, 0) is 24.6 Å². The first-order valence-electron chi connectivity index (χ1n) is 23.1. The molecule has 1 aromatic carbocycles. The summed E-state index contributed by atoms with van der Waals surface area (Å²) in [5.74, 6) is -3.53. The van der Waals surface area contributed by atoms with E-state index in [9.17, 15) is 37.2 Å². The minimum Gasteiger partial charge on any atom is -0.463 e. The van der Waals surface area contributed by atoms with E-state index in [1.807, 2.05) is 6.92 Å². The second-order valence-corrected chi connectivity index (χ2v) is 17.9. The summed E-state index contributed by atoms with van der Waals surface area (Å²) in [4.78, 5) is 72.2. The van der Waals surface area contributed by atoms with Gasteiger partial charge in [0.1, 0.15) is 49.7 Å². The molecule has 27 heteroatoms. The molecule has 0 saturated carbocycles. The lowest BCUT2D eigenvalue weighted by molar-refractivity contribution is -0.262. The zero-order valence-electron chi connectivity index (χ0n) is 42.3. The van der Waals surface area contributed by atoms with Crippen LogP contribution in [-0.2, 0) is 99.9 Å². The zero-order valence-corrected chi connectivity index (χ0v) is 43.1. The maximum atomic E-state index is 12.1. The molecule has 2 aliphatic heterocycles. The molecule has 26 nitrogen and oxygen atoms in total. The summed E-state index contributed by atoms with van der Waals surface area (Å²) in [6.07, 6.45) is -4.74. The van der Waals surface area contributed by atoms with Gasteiger partial charge in [-0.25, -0.2) is 0 Å². The van der Waals surface area contributed by atoms with Crippen molar-refractivity contribution in [2.24, 2.45) is 17.0 Å². The Balaban J connectivity index is 0.000000506. The van der Waals surface area contributed by atoms with E-state index in [4.69, 9.17) is 66.6 Å². The molecule has 1 aromatic rings. The number of nitrogens with zero attached hydrogens (tertiary/aromatic N) is 3. The minimum absolute atomic E-state index is 0.0510. The predicted molar refractivity (Wildman–Crippen MR) is 249 cm³/mol. The Morgan fingerprint density at radius 2 is 0.986 bits per heavy atom. The molecule has 2 saturated heterocycles. The molecule has 0 aliphatic carbocycles. The molecule has 2 amide bonds. The van der Waals surface area contributed by atoms with Gasteiger partial charge >= 0.3 is 23.9 Å². The molecule has 2 aliphatic rings. The first-order chi connectivity index (χ1) is 34.2. The van der Waals surface area contributed by atoms with Crippen molar-refractivity contribution in [3.05, 3.63) is 40.3 Å². The highest BCUT2D eigenvalue weighted by Crippen LogP contribution is 2.31. The van der Waals surface area contributed by atoms with E-state index in [1.165, 1.54) is 53.7 Å². The van der Waals surface area contributed by atoms with Crippen LogP contribution in [-0.4, -0.2) is 186 Å². The maximum absolute atomic E-state index is 12.1. The molecule has 408 valence electrons. The number of benzene rings is 1. The normalized spacial score (nSPS) is 23.7. The number of nitrogens with one attached hydrogen (secondary N) is 2. The molecule has 10 atom stereocenters. The van der Waals surface area contributed by atoms with Crippen molar-refractivity contribution in [1.29, 1.82) is 0 Å². The third-order valence-corrected chi connectivity index (χ3v) is 11.6. The van der Waals surface area contributed by atoms with E-state index in [2.05, 4.69) is 20.7 Å². The minimum atomic E-state index is -3.85. The summed E-state index contributed by atoms with van der Waals surface area (Å²) in [7, 11) is -3.85. The first kappa shape index (κ1) is 63.1. The van der Waals surface area contributed by atoms with Gasteiger partial charge in [0.2, 0.25) is 11.8 Å². The Morgan fingerprint density at radius 1 is 0.597 bits per heavy atom. The summed E-state index contributed by atoms with van der Waals surface area (Å²) in [6, 6.07) is 4.78. The maximum Gasteiger partial charge on any atom is 0.302 e. The van der Waals surface area contributed by atoms with Crippen LogP contribution in [0.3, 0.4) is 0 Å². The van der Waals surface area contributed by atoms with Crippen LogP contribution < -0.4 is 10.6 Å². The zero-order chi connectivity index (χ0) is 53.6. The largest absolute Gasteiger partial charge is 0.463 e. The van der Waals surface area contributed by atoms with Crippen molar-refractivity contribution in [2.75, 3.05) is 92.4 Å². The SMILES string of the molecule is CC(=O)N[C@H]1[C@H](OCCOCCOCCN=[N+]=[N-])O[C@H](COC(C)=O)[C@H](C)[C@@H]1OC(C)=O.CC(=O)N[C@H]1[C@H](OCCOCCOCCOS(=O)(=O)c2ccc(C)cc2)O[C@H](COC(C)=O)[C@H](C)[C@@H]1OC(C)=O. The van der Waals surface area contributed by atoms with Crippen LogP contribution in [0.1, 0.15) is 61.0 Å². The van der Waals surface area contributed by atoms with Crippen molar-refractivity contribution in [1.82, 2.24) is 10.6 Å². The predicted octanol–water partition coefficient (Wildman–Crippen LogP) is 1.82. The van der Waals surface area contributed by atoms with Gasteiger partial charge in [0.05, 0.1) is 77.6 Å². The molecule has 2 fully saturated rings. The third-order valence-electron chi connectivity index (χ3n) is 10.3. The van der Waals surface area contributed by atoms with Crippen LogP contribution in [0.5, 0.6) is 0 Å². The van der Waals surface area contributed by atoms with Gasteiger partial charge in [-0.1, -0.05) is 36.7 Å². The highest BCUT2D eigenvalue weighted by molar-refractivity contribution is 7.86. The van der Waals surface area contributed by atoms with Gasteiger partial charge in [0.25, 0.3) is 10.1 Å². The average Bonchev–Trinajstić information content (AvgIpc) is 3.30. The molecule has 0 radical (unpaired) electrons. The van der Waals surface area contributed by atoms with Crippen LogP contribution >= 0.6 is 0 Å². The number of amides is 2. The Kier molecular flexibility index (Phi) is 30.1. The van der Waals surface area contributed by atoms with Crippen molar-refractivity contribution < 1.29 is 98.2 Å². The number of esters is 4. The van der Waals surface area contributed by atoms with Crippen LogP contribution in [0.25, 0.3) is 10.4 Å². The molecule has 2 N–H and O–H groups in total. The lowest BCUT2D eigenvalue weighted by Crippen LogP contribution is -2.63. The van der Waals surface area contributed by atoms with Crippen LogP contribution in [0.2, 0.25) is 0 Å². The first-order valence-corrected chi connectivity index (χ1v) is 24.5. The standard InChI is InChI=1S/C26H39NO12S.C19H32N4O9/c1-17-6-8-22(9-7-17)40(31,32)37-15-13-34-11-10-33-12-14-35-26-24(27-19(3)28)25(38-21(5)30)18(2)23(39-26)16-36-20(4)29;1-12-16(11-30-14(3)25)32-19(17(22-13(2)24)18(12)31-15(4)26)29-10-9-28-8-7-27-6-5-21-23-20/h6-9,18,23-26H,10-16H2,1-5H3,(H,27,28);12,16-19H,5-11H2,1-4H3,(H,22,24)/t18-,23+,24+,25-,26+;12-,16+,17+,18-,19+/m00/s1. The monoisotopic (exact) mass is 1050 g/mol. The molecule has 0 bridgehead atoms. The van der Waals surface area contributed by atoms with Crippen LogP contribution in [0.4, 0.5) is 0 Å². The van der Waals surface area contributed by atoms with E-state index in [0.717, 1.165) is 5.56 Å². The quantitative estimate of drug-likeness (QED) is 0.0211. The molecule has 72 heavy (non-hydrogen) atoms. The fraction of sp³-hybridized carbons (Fsp3) is 0.733. The van der Waals surface area contributed by atoms with Gasteiger partial charge in [0, 0.05) is 64.8 Å². The van der Waals surface area contributed by atoms with Crippen molar-refractivity contribution in [2.45, 2.75) is 116 Å². The Hall–Kier alpha value is -5.06. The van der Waals surface area contributed by atoms with Gasteiger partial charge in [-0.2, -0.15) is 8.42 Å². The van der Waals surface area contributed by atoms with Gasteiger partial charge < -0.3 is 67.5 Å². The second-order valence-electron chi connectivity index (χ2n) is 16.2. The van der Waals surface area contributed by atoms with E-state index >= 15 is 0 Å². The number of hydrogen-bond donors (Lipinski definition) is 2. The van der Waals surface area contributed by atoms with Crippen LogP contribution in [0.15, 0.2) is 34.3 Å². The number of hydrogen-bond acceptors (Lipinski definition) is 22. The lowest BCUT2D eigenvalue weighted by Gasteiger charge is -2.44. The van der Waals surface area contributed by atoms with Crippen molar-refractivity contribution in [3.8, 4) is 0 Å². The molecule has 2 heterocycles. The summed E-state index contributed by atoms with van der Waals surface area (Å²) >= 11 is 0. The van der Waals surface area contributed by atoms with Crippen LogP contribution in [0, 0.1) is 18.8 Å². The van der Waals surface area contributed by atoms with E-state index < -0.39 is 89.0 Å². The summed E-state index contributed by atoms with van der Waals surface area (Å²) < 4.78 is 95.3. The number of carbonyl (C=O) groups excluding carboxylic acids is 6. The summed E-state index contributed by atoms with van der Waals surface area (Å²) in [6.45, 7) is 15.1. The third kappa shape index (κ3) is 25.1. The highest BCUT2D eigenvalue weighted by Gasteiger charge is 2.48. The molecule has 0 unspecified atom stereocenters. The van der Waals surface area contributed by atoms with Gasteiger partial charge in [-0.15, -0.1) is 0 Å². The van der Waals surface area contributed by atoms with E-state index in [0.29, 0.717) is 19.8 Å². The van der Waals surface area contributed by atoms with Gasteiger partial charge in [-0.3, -0.25) is 33.0 Å². The lowest BCUT2D eigenvalue weighted by atomic mass is 9.89. The highest BCUT2D eigenvalue weighted by atomic mass is 32.2. The average molecular weight is 1050 g/mol. The number of rotatable bonds is 30.